The van der Waals surface area contributed by atoms with Gasteiger partial charge in [0.2, 0.25) is 5.91 Å². The smallest absolute Gasteiger partial charge is 0.404 e. The summed E-state index contributed by atoms with van der Waals surface area (Å²) in [6.45, 7) is 0.151. The van der Waals surface area contributed by atoms with E-state index >= 15 is 0 Å². The molecule has 2 amide bonds. The summed E-state index contributed by atoms with van der Waals surface area (Å²) >= 11 is 0. The Bertz CT molecular complexity index is 183. The van der Waals surface area contributed by atoms with Crippen molar-refractivity contribution in [2.45, 2.75) is 12.8 Å². The van der Waals surface area contributed by atoms with Crippen LogP contribution in [0.15, 0.2) is 0 Å². The summed E-state index contributed by atoms with van der Waals surface area (Å²) in [4.78, 5) is 25.8. The molecule has 0 aliphatic heterocycles. The number of carbonyl (C=O) groups is 2. The Morgan fingerprint density at radius 2 is 2.08 bits per heavy atom. The molecule has 0 aliphatic rings. The number of nitrogens with two attached hydrogens (primary N) is 1. The third-order valence-electron chi connectivity index (χ3n) is 1.40. The lowest BCUT2D eigenvalue weighted by molar-refractivity contribution is -0.168. The Balaban J connectivity index is 3.42. The van der Waals surface area contributed by atoms with Gasteiger partial charge in [-0.15, -0.1) is 0 Å². The van der Waals surface area contributed by atoms with Crippen LogP contribution in [0.3, 0.4) is 0 Å². The number of hydrogen-bond acceptors (Lipinski definition) is 4. The first kappa shape index (κ1) is 11.7. The molecule has 0 aromatic heterocycles. The molecule has 76 valence electrons. The number of primary amides is 1. The van der Waals surface area contributed by atoms with E-state index in [2.05, 4.69) is 9.57 Å². The first-order valence-electron chi connectivity index (χ1n) is 3.80. The fraction of sp³-hybridized carbons (Fsp3) is 0.714. The van der Waals surface area contributed by atoms with E-state index < -0.39 is 6.09 Å². The van der Waals surface area contributed by atoms with Crippen molar-refractivity contribution < 1.29 is 19.2 Å². The maximum atomic E-state index is 11.0. The van der Waals surface area contributed by atoms with Crippen LogP contribution in [0.25, 0.3) is 0 Å². The summed E-state index contributed by atoms with van der Waals surface area (Å²) in [6, 6.07) is 0. The molecule has 0 fully saturated rings. The van der Waals surface area contributed by atoms with Crippen molar-refractivity contribution in [3.63, 3.8) is 0 Å². The van der Waals surface area contributed by atoms with Crippen molar-refractivity contribution in [2.24, 2.45) is 5.73 Å². The minimum Gasteiger partial charge on any atom is -0.450 e. The predicted molar refractivity (Wildman–Crippen MR) is 44.5 cm³/mol. The largest absolute Gasteiger partial charge is 0.450 e. The molecule has 0 heterocycles. The molecular weight excluding hydrogens is 176 g/mol. The van der Waals surface area contributed by atoms with Gasteiger partial charge in [0.1, 0.15) is 0 Å². The number of hydrogen-bond donors (Lipinski definition) is 1. The monoisotopic (exact) mass is 190 g/mol. The van der Waals surface area contributed by atoms with E-state index in [1.807, 2.05) is 0 Å². The Morgan fingerprint density at radius 3 is 2.54 bits per heavy atom. The number of amides is 2. The molecule has 0 radical (unpaired) electrons. The Labute approximate surface area is 76.5 Å². The van der Waals surface area contributed by atoms with Crippen LogP contribution in [-0.4, -0.2) is 37.8 Å². The predicted octanol–water partition coefficient (Wildman–Crippen LogP) is -0.118. The molecule has 6 nitrogen and oxygen atoms in total. The summed E-state index contributed by atoms with van der Waals surface area (Å²) in [7, 11) is 2.91. The highest BCUT2D eigenvalue weighted by atomic mass is 16.7. The van der Waals surface area contributed by atoms with Gasteiger partial charge in [0, 0.05) is 13.5 Å². The normalized spacial score (nSPS) is 9.38. The van der Waals surface area contributed by atoms with Crippen LogP contribution < -0.4 is 5.73 Å². The molecule has 0 aromatic carbocycles. The van der Waals surface area contributed by atoms with Gasteiger partial charge < -0.3 is 10.5 Å². The van der Waals surface area contributed by atoms with Gasteiger partial charge >= 0.3 is 6.09 Å². The summed E-state index contributed by atoms with van der Waals surface area (Å²) in [6.07, 6.45) is -0.125. The molecule has 0 spiro atoms. The lowest BCUT2D eigenvalue weighted by atomic mass is 10.3. The highest BCUT2D eigenvalue weighted by Gasteiger charge is 2.07. The SMILES string of the molecule is CON(C)C(=O)CCCOC(N)=O. The zero-order chi connectivity index (χ0) is 10.3. The number of hydroxylamine groups is 2. The van der Waals surface area contributed by atoms with Gasteiger partial charge in [0.15, 0.2) is 0 Å². The number of rotatable bonds is 5. The minimum atomic E-state index is -0.826. The second-order valence-electron chi connectivity index (χ2n) is 2.34. The maximum absolute atomic E-state index is 11.0. The first-order valence-corrected chi connectivity index (χ1v) is 3.80. The molecule has 6 heteroatoms. The maximum Gasteiger partial charge on any atom is 0.404 e. The van der Waals surface area contributed by atoms with Crippen molar-refractivity contribution in [3.8, 4) is 0 Å². The van der Waals surface area contributed by atoms with Crippen LogP contribution in [0.5, 0.6) is 0 Å². The molecule has 0 saturated heterocycles. The molecule has 0 saturated carbocycles. The van der Waals surface area contributed by atoms with Crippen LogP contribution in [0.2, 0.25) is 0 Å². The second kappa shape index (κ2) is 6.24. The summed E-state index contributed by atoms with van der Waals surface area (Å²) in [5, 5.41) is 1.12. The molecule has 0 rings (SSSR count). The van der Waals surface area contributed by atoms with Gasteiger partial charge in [-0.25, -0.2) is 9.86 Å². The number of ether oxygens (including phenoxy) is 1. The van der Waals surface area contributed by atoms with Crippen LogP contribution >= 0.6 is 0 Å². The lowest BCUT2D eigenvalue weighted by Gasteiger charge is -2.12. The molecular formula is C7H14N2O4. The summed E-state index contributed by atoms with van der Waals surface area (Å²) < 4.78 is 4.43. The van der Waals surface area contributed by atoms with Gasteiger partial charge in [-0.3, -0.25) is 9.63 Å². The zero-order valence-corrected chi connectivity index (χ0v) is 7.78. The highest BCUT2D eigenvalue weighted by Crippen LogP contribution is 1.95. The third kappa shape index (κ3) is 5.92. The Morgan fingerprint density at radius 1 is 1.46 bits per heavy atom. The lowest BCUT2D eigenvalue weighted by Crippen LogP contribution is -2.25. The van der Waals surface area contributed by atoms with Crippen molar-refractivity contribution in [1.82, 2.24) is 5.06 Å². The molecule has 13 heavy (non-hydrogen) atoms. The van der Waals surface area contributed by atoms with Crippen molar-refractivity contribution in [3.05, 3.63) is 0 Å². The van der Waals surface area contributed by atoms with Gasteiger partial charge in [-0.05, 0) is 6.42 Å². The van der Waals surface area contributed by atoms with E-state index in [0.717, 1.165) is 5.06 Å². The van der Waals surface area contributed by atoms with Gasteiger partial charge in [0.05, 0.1) is 13.7 Å². The van der Waals surface area contributed by atoms with E-state index in [1.54, 1.807) is 0 Å². The van der Waals surface area contributed by atoms with Crippen LogP contribution in [0.4, 0.5) is 4.79 Å². The third-order valence-corrected chi connectivity index (χ3v) is 1.40. The van der Waals surface area contributed by atoms with E-state index in [0.29, 0.717) is 6.42 Å². The van der Waals surface area contributed by atoms with Crippen molar-refractivity contribution in [2.75, 3.05) is 20.8 Å². The van der Waals surface area contributed by atoms with E-state index in [1.165, 1.54) is 14.2 Å². The highest BCUT2D eigenvalue weighted by molar-refractivity contribution is 5.74. The fourth-order valence-electron chi connectivity index (χ4n) is 0.655. The van der Waals surface area contributed by atoms with Crippen molar-refractivity contribution >= 4 is 12.0 Å². The molecule has 0 bridgehead atoms. The Hall–Kier alpha value is -1.30. The number of carbonyl (C=O) groups excluding carboxylic acids is 2. The molecule has 0 atom stereocenters. The van der Waals surface area contributed by atoms with Crippen LogP contribution in [0, 0.1) is 0 Å². The standard InChI is InChI=1S/C7H14N2O4/c1-9(12-2)6(10)4-3-5-13-7(8)11/h3-5H2,1-2H3,(H2,8,11). The van der Waals surface area contributed by atoms with Crippen molar-refractivity contribution in [1.29, 1.82) is 0 Å². The van der Waals surface area contributed by atoms with E-state index in [9.17, 15) is 9.59 Å². The topological polar surface area (TPSA) is 81.9 Å². The molecule has 2 N–H and O–H groups in total. The molecule has 0 aromatic rings. The minimum absolute atomic E-state index is 0.151. The van der Waals surface area contributed by atoms with Crippen LogP contribution in [-0.2, 0) is 14.4 Å². The average Bonchev–Trinajstić information content (AvgIpc) is 2.10. The molecule has 0 unspecified atom stereocenters. The quantitative estimate of drug-likeness (QED) is 0.484. The fourth-order valence-corrected chi connectivity index (χ4v) is 0.655. The first-order chi connectivity index (χ1) is 6.07. The van der Waals surface area contributed by atoms with E-state index in [4.69, 9.17) is 5.73 Å². The number of nitrogens with zero attached hydrogens (tertiary/aromatic N) is 1. The average molecular weight is 190 g/mol. The van der Waals surface area contributed by atoms with E-state index in [-0.39, 0.29) is 18.9 Å². The zero-order valence-electron chi connectivity index (χ0n) is 7.78. The van der Waals surface area contributed by atoms with Gasteiger partial charge in [0.25, 0.3) is 0 Å². The van der Waals surface area contributed by atoms with Gasteiger partial charge in [-0.1, -0.05) is 0 Å². The van der Waals surface area contributed by atoms with Crippen LogP contribution in [0.1, 0.15) is 12.8 Å². The summed E-state index contributed by atoms with van der Waals surface area (Å²) in [5.41, 5.74) is 4.71. The van der Waals surface area contributed by atoms with Gasteiger partial charge in [-0.2, -0.15) is 0 Å². The Kier molecular flexibility index (Phi) is 5.62. The second-order valence-corrected chi connectivity index (χ2v) is 2.34. The molecule has 0 aliphatic carbocycles. The summed E-state index contributed by atoms with van der Waals surface area (Å²) in [5.74, 6) is -0.171.